The van der Waals surface area contributed by atoms with Crippen LogP contribution in [0.2, 0.25) is 0 Å². The third kappa shape index (κ3) is 0.676. The van der Waals surface area contributed by atoms with E-state index in [0.29, 0.717) is 0 Å². The standard InChI is InChI=1S/C4H4O4/c5-3-4(6)8-2-1-7-3/h1-2,5-6H/p-2. The van der Waals surface area contributed by atoms with Gasteiger partial charge in [0.05, 0.1) is 11.9 Å². The Morgan fingerprint density at radius 3 is 1.62 bits per heavy atom. The Kier molecular flexibility index (Phi) is 0.997. The van der Waals surface area contributed by atoms with E-state index in [4.69, 9.17) is 0 Å². The zero-order valence-corrected chi connectivity index (χ0v) is 3.79. The largest absolute Gasteiger partial charge is 0.585 e. The van der Waals surface area contributed by atoms with Gasteiger partial charge in [0, 0.05) is 0 Å². The second-order valence-corrected chi connectivity index (χ2v) is 1.08. The van der Waals surface area contributed by atoms with Crippen molar-refractivity contribution in [2.45, 2.75) is 0 Å². The lowest BCUT2D eigenvalue weighted by Gasteiger charge is -2.23. The van der Waals surface area contributed by atoms with Crippen molar-refractivity contribution in [3.63, 3.8) is 0 Å². The molecule has 0 amide bonds. The Morgan fingerprint density at radius 2 is 1.38 bits per heavy atom. The van der Waals surface area contributed by atoms with Gasteiger partial charge in [0.15, 0.2) is 0 Å². The third-order valence-corrected chi connectivity index (χ3v) is 0.572. The maximum atomic E-state index is 10.0. The Labute approximate surface area is 45.3 Å². The van der Waals surface area contributed by atoms with Gasteiger partial charge in [0.2, 0.25) is 0 Å². The summed E-state index contributed by atoms with van der Waals surface area (Å²) in [4.78, 5) is 0. The number of rotatable bonds is 0. The van der Waals surface area contributed by atoms with E-state index < -0.39 is 11.9 Å². The monoisotopic (exact) mass is 114 g/mol. The van der Waals surface area contributed by atoms with Crippen LogP contribution in [0.1, 0.15) is 0 Å². The van der Waals surface area contributed by atoms with Crippen molar-refractivity contribution in [3.8, 4) is 0 Å². The van der Waals surface area contributed by atoms with Crippen molar-refractivity contribution in [2.24, 2.45) is 0 Å². The first kappa shape index (κ1) is 4.83. The quantitative estimate of drug-likeness (QED) is 0.378. The summed E-state index contributed by atoms with van der Waals surface area (Å²) < 4.78 is 8.19. The van der Waals surface area contributed by atoms with E-state index in [1.807, 2.05) is 0 Å². The molecule has 4 nitrogen and oxygen atoms in total. The van der Waals surface area contributed by atoms with Crippen molar-refractivity contribution in [1.82, 2.24) is 0 Å². The first-order chi connectivity index (χ1) is 3.80. The van der Waals surface area contributed by atoms with E-state index in [1.165, 1.54) is 0 Å². The molecule has 0 atom stereocenters. The predicted octanol–water partition coefficient (Wildman–Crippen LogP) is -1.65. The fourth-order valence-electron chi connectivity index (χ4n) is 0.275. The lowest BCUT2D eigenvalue weighted by molar-refractivity contribution is -0.419. The van der Waals surface area contributed by atoms with E-state index in [1.54, 1.807) is 0 Å². The van der Waals surface area contributed by atoms with Crippen LogP contribution in [0.5, 0.6) is 0 Å². The van der Waals surface area contributed by atoms with Gasteiger partial charge >= 0.3 is 0 Å². The first-order valence-corrected chi connectivity index (χ1v) is 1.87. The Bertz CT molecular complexity index is 130. The highest BCUT2D eigenvalue weighted by Gasteiger charge is 1.85. The van der Waals surface area contributed by atoms with E-state index in [2.05, 4.69) is 9.47 Å². The van der Waals surface area contributed by atoms with Crippen LogP contribution in [-0.2, 0) is 9.47 Å². The van der Waals surface area contributed by atoms with Crippen molar-refractivity contribution >= 4 is 0 Å². The van der Waals surface area contributed by atoms with Crippen LogP contribution in [0.15, 0.2) is 24.4 Å². The summed E-state index contributed by atoms with van der Waals surface area (Å²) in [5.74, 6) is -1.96. The summed E-state index contributed by atoms with van der Waals surface area (Å²) in [5, 5.41) is 20.1. The molecule has 0 unspecified atom stereocenters. The average molecular weight is 114 g/mol. The molecule has 0 saturated heterocycles. The Balaban J connectivity index is 2.67. The average Bonchev–Trinajstić information content (AvgIpc) is 1.77. The molecule has 0 spiro atoms. The van der Waals surface area contributed by atoms with Gasteiger partial charge in [-0.2, -0.15) is 0 Å². The smallest absolute Gasteiger partial charge is 0.0780 e. The van der Waals surface area contributed by atoms with E-state index in [-0.39, 0.29) is 0 Å². The zero-order valence-electron chi connectivity index (χ0n) is 3.79. The molecule has 0 fully saturated rings. The lowest BCUT2D eigenvalue weighted by atomic mass is 10.8. The van der Waals surface area contributed by atoms with Crippen LogP contribution in [0.4, 0.5) is 0 Å². The maximum Gasteiger partial charge on any atom is 0.0780 e. The summed E-state index contributed by atoms with van der Waals surface area (Å²) in [6, 6.07) is 0. The molecule has 0 bridgehead atoms. The summed E-state index contributed by atoms with van der Waals surface area (Å²) in [7, 11) is 0. The van der Waals surface area contributed by atoms with E-state index in [9.17, 15) is 10.2 Å². The minimum atomic E-state index is -0.979. The maximum absolute atomic E-state index is 10.0. The van der Waals surface area contributed by atoms with Gasteiger partial charge in [-0.05, 0) is 12.5 Å². The van der Waals surface area contributed by atoms with E-state index >= 15 is 0 Å². The van der Waals surface area contributed by atoms with Crippen molar-refractivity contribution < 1.29 is 19.7 Å². The van der Waals surface area contributed by atoms with E-state index in [0.717, 1.165) is 12.5 Å². The van der Waals surface area contributed by atoms with Crippen molar-refractivity contribution in [1.29, 1.82) is 0 Å². The molecule has 0 aromatic heterocycles. The highest BCUT2D eigenvalue weighted by atomic mass is 16.7. The number of hydrogen-bond acceptors (Lipinski definition) is 4. The van der Waals surface area contributed by atoms with Gasteiger partial charge < -0.3 is 19.7 Å². The van der Waals surface area contributed by atoms with Crippen LogP contribution in [0.25, 0.3) is 0 Å². The predicted molar refractivity (Wildman–Crippen MR) is 18.3 cm³/mol. The van der Waals surface area contributed by atoms with Crippen LogP contribution in [0.3, 0.4) is 0 Å². The van der Waals surface area contributed by atoms with Gasteiger partial charge in [-0.25, -0.2) is 0 Å². The lowest BCUT2D eigenvalue weighted by Crippen LogP contribution is -2.20. The van der Waals surface area contributed by atoms with Gasteiger partial charge in [0.1, 0.15) is 0 Å². The first-order valence-electron chi connectivity index (χ1n) is 1.87. The molecular weight excluding hydrogens is 112 g/mol. The van der Waals surface area contributed by atoms with Crippen LogP contribution in [0, 0.1) is 0 Å². The number of ether oxygens (including phenoxy) is 2. The van der Waals surface area contributed by atoms with Crippen LogP contribution >= 0.6 is 0 Å². The Hall–Kier alpha value is -1.32. The minimum absolute atomic E-state index is 0.979. The summed E-state index contributed by atoms with van der Waals surface area (Å²) in [6.45, 7) is 0. The molecule has 0 saturated carbocycles. The topological polar surface area (TPSA) is 64.6 Å². The van der Waals surface area contributed by atoms with Crippen LogP contribution < -0.4 is 10.2 Å². The summed E-state index contributed by atoms with van der Waals surface area (Å²) in [6.07, 6.45) is 2.01. The molecule has 1 aliphatic heterocycles. The van der Waals surface area contributed by atoms with Crippen molar-refractivity contribution in [3.05, 3.63) is 24.4 Å². The molecule has 0 aromatic rings. The van der Waals surface area contributed by atoms with Gasteiger partial charge in [-0.3, -0.25) is 0 Å². The van der Waals surface area contributed by atoms with Crippen LogP contribution in [-0.4, -0.2) is 0 Å². The molecule has 1 aliphatic rings. The molecule has 1 rings (SSSR count). The molecule has 0 aromatic carbocycles. The fourth-order valence-corrected chi connectivity index (χ4v) is 0.275. The van der Waals surface area contributed by atoms with Gasteiger partial charge in [0.25, 0.3) is 0 Å². The molecular formula is C4H2O4-2. The molecule has 4 heteroatoms. The number of hydrogen-bond donors (Lipinski definition) is 0. The normalized spacial score (nSPS) is 17.5. The second kappa shape index (κ2) is 1.65. The molecule has 0 N–H and O–H groups in total. The summed E-state index contributed by atoms with van der Waals surface area (Å²) >= 11 is 0. The molecule has 0 aliphatic carbocycles. The SMILES string of the molecule is [O-]C1=C([O-])OC=CO1. The molecule has 44 valence electrons. The molecule has 0 radical (unpaired) electrons. The molecule has 8 heavy (non-hydrogen) atoms. The summed E-state index contributed by atoms with van der Waals surface area (Å²) in [5.41, 5.74) is 0. The fraction of sp³-hybridized carbons (Fsp3) is 0. The highest BCUT2D eigenvalue weighted by molar-refractivity contribution is 4.87. The van der Waals surface area contributed by atoms with Gasteiger partial charge in [-0.15, -0.1) is 0 Å². The highest BCUT2D eigenvalue weighted by Crippen LogP contribution is 2.01. The van der Waals surface area contributed by atoms with Crippen molar-refractivity contribution in [2.75, 3.05) is 0 Å². The minimum Gasteiger partial charge on any atom is -0.585 e. The Morgan fingerprint density at radius 1 is 1.00 bits per heavy atom. The van der Waals surface area contributed by atoms with Gasteiger partial charge in [-0.1, -0.05) is 0 Å². The second-order valence-electron chi connectivity index (χ2n) is 1.08. The molecule has 1 heterocycles. The third-order valence-electron chi connectivity index (χ3n) is 0.572. The zero-order chi connectivity index (χ0) is 5.98.